The summed E-state index contributed by atoms with van der Waals surface area (Å²) in [7, 11) is -3.58. The first-order valence-electron chi connectivity index (χ1n) is 11.4. The Bertz CT molecular complexity index is 1300. The molecule has 6 rings (SSSR count). The first-order chi connectivity index (χ1) is 16.1. The zero-order valence-electron chi connectivity index (χ0n) is 18.2. The molecule has 0 spiro atoms. The molecule has 0 amide bonds. The number of nitrogens with zero attached hydrogens (tertiary/aromatic N) is 3. The van der Waals surface area contributed by atoms with Gasteiger partial charge in [0.25, 0.3) is 0 Å². The molecule has 8 nitrogen and oxygen atoms in total. The van der Waals surface area contributed by atoms with Gasteiger partial charge in [0.15, 0.2) is 11.5 Å². The highest BCUT2D eigenvalue weighted by atomic mass is 32.2. The average molecular weight is 468 g/mol. The Hall–Kier alpha value is -2.91. The highest BCUT2D eigenvalue weighted by Crippen LogP contribution is 2.36. The van der Waals surface area contributed by atoms with Gasteiger partial charge in [0, 0.05) is 18.7 Å². The number of benzene rings is 2. The molecule has 172 valence electrons. The van der Waals surface area contributed by atoms with Crippen molar-refractivity contribution >= 4 is 10.0 Å². The standard InChI is InChI=1S/C24H25N3O5S/c28-33(29,20-9-7-16-4-1-2-5-17(16)12-20)27-11-3-6-19(14-27)24-25-23(26-32-24)18-8-10-21-22(13-18)31-15-30-21/h7-10,12-13,19H,1-6,11,14-15H2. The van der Waals surface area contributed by atoms with Crippen LogP contribution in [-0.4, -0.2) is 42.7 Å². The van der Waals surface area contributed by atoms with Gasteiger partial charge in [-0.1, -0.05) is 11.2 Å². The maximum atomic E-state index is 13.4. The number of hydrogen-bond donors (Lipinski definition) is 0. The van der Waals surface area contributed by atoms with Crippen molar-refractivity contribution in [2.75, 3.05) is 19.9 Å². The second-order valence-corrected chi connectivity index (χ2v) is 10.8. The van der Waals surface area contributed by atoms with Crippen LogP contribution in [0.4, 0.5) is 0 Å². The van der Waals surface area contributed by atoms with Gasteiger partial charge >= 0.3 is 0 Å². The highest BCUT2D eigenvalue weighted by Gasteiger charge is 2.34. The van der Waals surface area contributed by atoms with E-state index in [1.807, 2.05) is 30.3 Å². The van der Waals surface area contributed by atoms with Crippen LogP contribution in [-0.2, 0) is 22.9 Å². The monoisotopic (exact) mass is 467 g/mol. The van der Waals surface area contributed by atoms with Gasteiger partial charge < -0.3 is 14.0 Å². The number of rotatable bonds is 4. The Balaban J connectivity index is 1.22. The zero-order valence-corrected chi connectivity index (χ0v) is 19.0. The van der Waals surface area contributed by atoms with Crippen LogP contribution in [0.25, 0.3) is 11.4 Å². The summed E-state index contributed by atoms with van der Waals surface area (Å²) in [5.41, 5.74) is 3.21. The Morgan fingerprint density at radius 1 is 0.939 bits per heavy atom. The molecule has 0 radical (unpaired) electrons. The average Bonchev–Trinajstić information content (AvgIpc) is 3.53. The van der Waals surface area contributed by atoms with Gasteiger partial charge in [0.05, 0.1) is 10.8 Å². The van der Waals surface area contributed by atoms with Crippen molar-refractivity contribution in [3.8, 4) is 22.9 Å². The normalized spacial score (nSPS) is 20.5. The van der Waals surface area contributed by atoms with E-state index in [9.17, 15) is 8.42 Å². The molecule has 0 N–H and O–H groups in total. The van der Waals surface area contributed by atoms with E-state index in [2.05, 4.69) is 10.1 Å². The molecule has 1 aromatic heterocycles. The van der Waals surface area contributed by atoms with Crippen molar-refractivity contribution in [3.63, 3.8) is 0 Å². The molecule has 33 heavy (non-hydrogen) atoms. The topological polar surface area (TPSA) is 94.8 Å². The summed E-state index contributed by atoms with van der Waals surface area (Å²) >= 11 is 0. The van der Waals surface area contributed by atoms with E-state index >= 15 is 0 Å². The lowest BCUT2D eigenvalue weighted by atomic mass is 9.92. The van der Waals surface area contributed by atoms with Crippen LogP contribution < -0.4 is 9.47 Å². The van der Waals surface area contributed by atoms with E-state index in [1.54, 1.807) is 10.4 Å². The Labute approximate surface area is 192 Å². The highest BCUT2D eigenvalue weighted by molar-refractivity contribution is 7.89. The molecule has 3 heterocycles. The Morgan fingerprint density at radius 3 is 2.70 bits per heavy atom. The Morgan fingerprint density at radius 2 is 1.79 bits per heavy atom. The first-order valence-corrected chi connectivity index (χ1v) is 12.9. The van der Waals surface area contributed by atoms with Gasteiger partial charge in [-0.05, 0) is 80.0 Å². The summed E-state index contributed by atoms with van der Waals surface area (Å²) in [6.07, 6.45) is 5.82. The number of aryl methyl sites for hydroxylation is 2. The van der Waals surface area contributed by atoms with E-state index in [0.717, 1.165) is 37.7 Å². The molecule has 0 saturated carbocycles. The van der Waals surface area contributed by atoms with E-state index < -0.39 is 10.0 Å². The van der Waals surface area contributed by atoms with Crippen LogP contribution in [0.1, 0.15) is 48.6 Å². The molecule has 3 aromatic rings. The molecular formula is C24H25N3O5S. The number of piperidine rings is 1. The maximum Gasteiger partial charge on any atom is 0.243 e. The quantitative estimate of drug-likeness (QED) is 0.574. The van der Waals surface area contributed by atoms with Crippen molar-refractivity contribution in [3.05, 3.63) is 53.4 Å². The number of ether oxygens (including phenoxy) is 2. The van der Waals surface area contributed by atoms with Crippen molar-refractivity contribution in [2.24, 2.45) is 0 Å². The molecule has 9 heteroatoms. The fourth-order valence-corrected chi connectivity index (χ4v) is 6.51. The lowest BCUT2D eigenvalue weighted by Gasteiger charge is -2.30. The van der Waals surface area contributed by atoms with Crippen molar-refractivity contribution in [1.82, 2.24) is 14.4 Å². The Kier molecular flexibility index (Phi) is 5.10. The molecule has 2 aliphatic heterocycles. The molecule has 1 saturated heterocycles. The predicted molar refractivity (Wildman–Crippen MR) is 120 cm³/mol. The second-order valence-electron chi connectivity index (χ2n) is 8.86. The van der Waals surface area contributed by atoms with E-state index in [0.29, 0.717) is 41.2 Å². The summed E-state index contributed by atoms with van der Waals surface area (Å²) in [6.45, 7) is 1.04. The first kappa shape index (κ1) is 20.7. The molecule has 1 aliphatic carbocycles. The lowest BCUT2D eigenvalue weighted by molar-refractivity contribution is 0.174. The molecular weight excluding hydrogens is 442 g/mol. The molecule has 1 unspecified atom stereocenters. The van der Waals surface area contributed by atoms with Crippen molar-refractivity contribution in [1.29, 1.82) is 0 Å². The van der Waals surface area contributed by atoms with E-state index in [4.69, 9.17) is 14.0 Å². The summed E-state index contributed by atoms with van der Waals surface area (Å²) in [6, 6.07) is 11.1. The molecule has 3 aliphatic rings. The summed E-state index contributed by atoms with van der Waals surface area (Å²) in [5, 5.41) is 4.13. The predicted octanol–water partition coefficient (Wildman–Crippen LogP) is 3.91. The number of aromatic nitrogens is 2. The van der Waals surface area contributed by atoms with E-state index in [-0.39, 0.29) is 12.7 Å². The lowest BCUT2D eigenvalue weighted by Crippen LogP contribution is -2.39. The second kappa shape index (κ2) is 8.14. The number of sulfonamides is 1. The zero-order chi connectivity index (χ0) is 22.4. The minimum Gasteiger partial charge on any atom is -0.454 e. The van der Waals surface area contributed by atoms with Crippen LogP contribution in [0, 0.1) is 0 Å². The van der Waals surface area contributed by atoms with E-state index in [1.165, 1.54) is 17.5 Å². The minimum absolute atomic E-state index is 0.138. The van der Waals surface area contributed by atoms with Gasteiger partial charge in [-0.3, -0.25) is 0 Å². The van der Waals surface area contributed by atoms with Crippen LogP contribution in [0.2, 0.25) is 0 Å². The fourth-order valence-electron chi connectivity index (χ4n) is 4.94. The third-order valence-electron chi connectivity index (χ3n) is 6.76. The molecule has 1 atom stereocenters. The van der Waals surface area contributed by atoms with Crippen LogP contribution in [0.3, 0.4) is 0 Å². The van der Waals surface area contributed by atoms with Crippen molar-refractivity contribution in [2.45, 2.75) is 49.3 Å². The van der Waals surface area contributed by atoms with Crippen LogP contribution in [0.15, 0.2) is 45.8 Å². The number of hydrogen-bond acceptors (Lipinski definition) is 7. The third kappa shape index (κ3) is 3.79. The molecule has 1 fully saturated rings. The maximum absolute atomic E-state index is 13.4. The summed E-state index contributed by atoms with van der Waals surface area (Å²) < 4.78 is 44.7. The van der Waals surface area contributed by atoms with Gasteiger partial charge in [-0.15, -0.1) is 0 Å². The van der Waals surface area contributed by atoms with Crippen LogP contribution in [0.5, 0.6) is 11.5 Å². The smallest absolute Gasteiger partial charge is 0.243 e. The van der Waals surface area contributed by atoms with Gasteiger partial charge in [-0.2, -0.15) is 9.29 Å². The summed E-state index contributed by atoms with van der Waals surface area (Å²) in [4.78, 5) is 4.97. The number of fused-ring (bicyclic) bond motifs is 2. The largest absolute Gasteiger partial charge is 0.454 e. The van der Waals surface area contributed by atoms with Gasteiger partial charge in [0.2, 0.25) is 28.5 Å². The summed E-state index contributed by atoms with van der Waals surface area (Å²) in [5.74, 6) is 2.13. The van der Waals surface area contributed by atoms with Gasteiger partial charge in [-0.25, -0.2) is 8.42 Å². The minimum atomic E-state index is -3.58. The van der Waals surface area contributed by atoms with Gasteiger partial charge in [0.1, 0.15) is 0 Å². The molecule has 2 aromatic carbocycles. The SMILES string of the molecule is O=S(=O)(c1ccc2c(c1)CCCC2)N1CCCC(c2nc(-c3ccc4c(c3)OCO4)no2)C1. The third-order valence-corrected chi connectivity index (χ3v) is 8.62. The fraction of sp³-hybridized carbons (Fsp3) is 0.417. The van der Waals surface area contributed by atoms with Crippen molar-refractivity contribution < 1.29 is 22.4 Å². The van der Waals surface area contributed by atoms with Crippen LogP contribution >= 0.6 is 0 Å². The molecule has 0 bridgehead atoms.